The number of carbonyl (C=O) groups is 1. The molecule has 136 valence electrons. The van der Waals surface area contributed by atoms with E-state index < -0.39 is 11.5 Å². The molecule has 2 aromatic heterocycles. The molecule has 27 heavy (non-hydrogen) atoms. The number of hydrogen-bond acceptors (Lipinski definition) is 5. The first-order valence-corrected chi connectivity index (χ1v) is 8.39. The molecule has 8 heteroatoms. The summed E-state index contributed by atoms with van der Waals surface area (Å²) in [5, 5.41) is 10.8. The minimum Gasteiger partial charge on any atom is -0.497 e. The largest absolute Gasteiger partial charge is 0.497 e. The molecule has 0 bridgehead atoms. The van der Waals surface area contributed by atoms with Crippen LogP contribution in [0, 0.1) is 0 Å². The van der Waals surface area contributed by atoms with E-state index in [1.807, 2.05) is 43.3 Å². The van der Waals surface area contributed by atoms with E-state index in [1.165, 1.54) is 4.52 Å². The lowest BCUT2D eigenvalue weighted by Gasteiger charge is -2.13. The number of para-hydroxylation sites is 2. The molecule has 0 saturated carbocycles. The third-order valence-electron chi connectivity index (χ3n) is 4.44. The van der Waals surface area contributed by atoms with Gasteiger partial charge in [-0.1, -0.05) is 29.5 Å². The zero-order valence-corrected chi connectivity index (χ0v) is 14.8. The average Bonchev–Trinajstić information content (AvgIpc) is 3.14. The Morgan fingerprint density at radius 1 is 1.19 bits per heavy atom. The van der Waals surface area contributed by atoms with E-state index in [1.54, 1.807) is 19.2 Å². The van der Waals surface area contributed by atoms with Crippen molar-refractivity contribution in [3.8, 4) is 5.75 Å². The predicted molar refractivity (Wildman–Crippen MR) is 100.0 cm³/mol. The van der Waals surface area contributed by atoms with Crippen LogP contribution < -0.4 is 15.6 Å². The Hall–Kier alpha value is -3.68. The van der Waals surface area contributed by atoms with E-state index in [4.69, 9.17) is 4.74 Å². The second-order valence-corrected chi connectivity index (χ2v) is 6.14. The number of H-pyrrole nitrogens is 1. The monoisotopic (exact) mass is 363 g/mol. The highest BCUT2D eigenvalue weighted by molar-refractivity contribution is 5.99. The topological polar surface area (TPSA) is 101 Å². The molecular weight excluding hydrogens is 346 g/mol. The molecule has 0 aliphatic heterocycles. The maximum atomic E-state index is 12.7. The first-order chi connectivity index (χ1) is 13.1. The summed E-state index contributed by atoms with van der Waals surface area (Å²) in [5.74, 6) is 0.272. The van der Waals surface area contributed by atoms with Crippen molar-refractivity contribution in [2.45, 2.75) is 13.0 Å². The van der Waals surface area contributed by atoms with Crippen molar-refractivity contribution in [2.24, 2.45) is 0 Å². The van der Waals surface area contributed by atoms with Gasteiger partial charge in [-0.3, -0.25) is 9.59 Å². The van der Waals surface area contributed by atoms with Gasteiger partial charge in [-0.2, -0.15) is 0 Å². The van der Waals surface area contributed by atoms with Gasteiger partial charge in [0.05, 0.1) is 24.2 Å². The Morgan fingerprint density at radius 2 is 1.93 bits per heavy atom. The average molecular weight is 363 g/mol. The van der Waals surface area contributed by atoms with Gasteiger partial charge in [0.25, 0.3) is 11.5 Å². The maximum absolute atomic E-state index is 12.7. The number of carbonyl (C=O) groups excluding carboxylic acids is 1. The highest BCUT2D eigenvalue weighted by Gasteiger charge is 2.21. The van der Waals surface area contributed by atoms with Crippen LogP contribution in [0.3, 0.4) is 0 Å². The molecule has 0 aliphatic carbocycles. The van der Waals surface area contributed by atoms with Crippen molar-refractivity contribution >= 4 is 22.5 Å². The van der Waals surface area contributed by atoms with Gasteiger partial charge in [-0.05, 0) is 36.8 Å². The summed E-state index contributed by atoms with van der Waals surface area (Å²) in [6, 6.07) is 14.3. The van der Waals surface area contributed by atoms with Crippen molar-refractivity contribution in [1.82, 2.24) is 25.1 Å². The molecule has 4 aromatic rings. The van der Waals surface area contributed by atoms with E-state index in [0.717, 1.165) is 11.3 Å². The number of fused-ring (bicyclic) bond motifs is 3. The fraction of sp³-hybridized carbons (Fsp3) is 0.158. The van der Waals surface area contributed by atoms with Gasteiger partial charge in [0.2, 0.25) is 0 Å². The Kier molecular flexibility index (Phi) is 4.08. The van der Waals surface area contributed by atoms with Gasteiger partial charge in [-0.25, -0.2) is 4.52 Å². The lowest BCUT2D eigenvalue weighted by atomic mass is 10.1. The second-order valence-electron chi connectivity index (χ2n) is 6.14. The molecule has 0 radical (unpaired) electrons. The first kappa shape index (κ1) is 16.8. The van der Waals surface area contributed by atoms with Gasteiger partial charge in [-0.15, -0.1) is 5.10 Å². The molecule has 0 aliphatic rings. The molecule has 1 amide bonds. The number of amides is 1. The van der Waals surface area contributed by atoms with Crippen LogP contribution in [0.5, 0.6) is 5.75 Å². The van der Waals surface area contributed by atoms with E-state index in [2.05, 4.69) is 20.6 Å². The summed E-state index contributed by atoms with van der Waals surface area (Å²) < 4.78 is 6.53. The van der Waals surface area contributed by atoms with Crippen molar-refractivity contribution in [2.75, 3.05) is 7.11 Å². The third kappa shape index (κ3) is 2.91. The molecule has 0 saturated heterocycles. The van der Waals surface area contributed by atoms with Crippen molar-refractivity contribution < 1.29 is 9.53 Å². The first-order valence-electron chi connectivity index (χ1n) is 8.39. The molecule has 0 spiro atoms. The van der Waals surface area contributed by atoms with Crippen LogP contribution >= 0.6 is 0 Å². The SMILES string of the molecule is COc1ccc(C(C)NC(=O)c2nnn3c2c(=O)[nH]c2ccccc23)cc1. The van der Waals surface area contributed by atoms with Crippen molar-refractivity contribution in [3.63, 3.8) is 0 Å². The minimum atomic E-state index is -0.464. The summed E-state index contributed by atoms with van der Waals surface area (Å²) in [4.78, 5) is 27.9. The van der Waals surface area contributed by atoms with E-state index in [0.29, 0.717) is 11.0 Å². The number of nitrogens with one attached hydrogen (secondary N) is 2. The number of aromatic amines is 1. The van der Waals surface area contributed by atoms with Crippen LogP contribution in [0.2, 0.25) is 0 Å². The number of aromatic nitrogens is 4. The maximum Gasteiger partial charge on any atom is 0.277 e. The Balaban J connectivity index is 1.68. The number of methoxy groups -OCH3 is 1. The van der Waals surface area contributed by atoms with E-state index in [9.17, 15) is 9.59 Å². The predicted octanol–water partition coefficient (Wildman–Crippen LogP) is 2.07. The molecule has 1 atom stereocenters. The lowest BCUT2D eigenvalue weighted by molar-refractivity contribution is 0.0936. The number of ether oxygens (including phenoxy) is 1. The summed E-state index contributed by atoms with van der Waals surface area (Å²) in [7, 11) is 1.60. The molecule has 4 rings (SSSR count). The molecule has 8 nitrogen and oxygen atoms in total. The Bertz CT molecular complexity index is 1190. The number of benzene rings is 2. The summed E-state index contributed by atoms with van der Waals surface area (Å²) in [5.41, 5.74) is 1.89. The zero-order valence-electron chi connectivity index (χ0n) is 14.8. The van der Waals surface area contributed by atoms with E-state index >= 15 is 0 Å². The summed E-state index contributed by atoms with van der Waals surface area (Å²) in [6.07, 6.45) is 0. The van der Waals surface area contributed by atoms with Crippen LogP contribution in [-0.2, 0) is 0 Å². The Labute approximate surface area is 153 Å². The van der Waals surface area contributed by atoms with Crippen molar-refractivity contribution in [3.05, 3.63) is 70.1 Å². The highest BCUT2D eigenvalue weighted by Crippen LogP contribution is 2.18. The van der Waals surface area contributed by atoms with Gasteiger partial charge in [0.1, 0.15) is 5.75 Å². The summed E-state index contributed by atoms with van der Waals surface area (Å²) in [6.45, 7) is 1.85. The molecule has 0 fully saturated rings. The fourth-order valence-corrected chi connectivity index (χ4v) is 2.99. The summed E-state index contributed by atoms with van der Waals surface area (Å²) >= 11 is 0. The minimum absolute atomic E-state index is 0.0117. The Morgan fingerprint density at radius 3 is 2.67 bits per heavy atom. The number of hydrogen-bond donors (Lipinski definition) is 2. The van der Waals surface area contributed by atoms with Gasteiger partial charge in [0, 0.05) is 0 Å². The third-order valence-corrected chi connectivity index (χ3v) is 4.44. The van der Waals surface area contributed by atoms with Crippen LogP contribution in [0.1, 0.15) is 29.0 Å². The number of nitrogens with zero attached hydrogens (tertiary/aromatic N) is 3. The van der Waals surface area contributed by atoms with Crippen LogP contribution in [-0.4, -0.2) is 32.8 Å². The van der Waals surface area contributed by atoms with E-state index in [-0.39, 0.29) is 17.3 Å². The molecular formula is C19H17N5O3. The van der Waals surface area contributed by atoms with Gasteiger partial charge in [0.15, 0.2) is 11.2 Å². The fourth-order valence-electron chi connectivity index (χ4n) is 2.99. The molecule has 2 N–H and O–H groups in total. The van der Waals surface area contributed by atoms with Gasteiger partial charge < -0.3 is 15.0 Å². The van der Waals surface area contributed by atoms with Crippen molar-refractivity contribution in [1.29, 1.82) is 0 Å². The number of rotatable bonds is 4. The standard InChI is InChI=1S/C19H17N5O3/c1-11(12-7-9-13(27-2)10-8-12)20-18(25)16-17-19(26)21-14-5-3-4-6-15(14)24(17)23-22-16/h3-11H,1-2H3,(H,20,25)(H,21,26). The molecule has 2 aromatic carbocycles. The zero-order chi connectivity index (χ0) is 19.0. The second kappa shape index (κ2) is 6.56. The smallest absolute Gasteiger partial charge is 0.277 e. The molecule has 1 unspecified atom stereocenters. The van der Waals surface area contributed by atoms with Gasteiger partial charge >= 0.3 is 0 Å². The highest BCUT2D eigenvalue weighted by atomic mass is 16.5. The quantitative estimate of drug-likeness (QED) is 0.578. The van der Waals surface area contributed by atoms with Crippen LogP contribution in [0.25, 0.3) is 16.6 Å². The van der Waals surface area contributed by atoms with Crippen LogP contribution in [0.15, 0.2) is 53.3 Å². The van der Waals surface area contributed by atoms with Crippen LogP contribution in [0.4, 0.5) is 0 Å². The normalized spacial score (nSPS) is 12.2. The molecule has 2 heterocycles. The lowest BCUT2D eigenvalue weighted by Crippen LogP contribution is -2.28.